The Morgan fingerprint density at radius 3 is 2.37 bits per heavy atom. The summed E-state index contributed by atoms with van der Waals surface area (Å²) in [5.74, 6) is -0.290. The quantitative estimate of drug-likeness (QED) is 0.680. The molecule has 1 unspecified atom stereocenters. The predicted molar refractivity (Wildman–Crippen MR) is 74.0 cm³/mol. The van der Waals surface area contributed by atoms with Gasteiger partial charge in [-0.2, -0.15) is 8.42 Å². The molecule has 0 saturated carbocycles. The van der Waals surface area contributed by atoms with E-state index < -0.39 is 15.4 Å². The summed E-state index contributed by atoms with van der Waals surface area (Å²) in [5, 5.41) is 0.529. The number of Topliss-reactive ketones (excluding diaryl/α,β-unsaturated/α-hetero) is 1. The van der Waals surface area contributed by atoms with E-state index in [1.807, 2.05) is 0 Å². The van der Waals surface area contributed by atoms with Crippen LogP contribution in [0.15, 0.2) is 47.8 Å². The molecule has 0 aliphatic rings. The Labute approximate surface area is 115 Å². The summed E-state index contributed by atoms with van der Waals surface area (Å²) in [5.41, 5.74) is 0.412. The molecule has 4 nitrogen and oxygen atoms in total. The lowest BCUT2D eigenvalue weighted by Crippen LogP contribution is -2.16. The number of carbonyl (C=O) groups excluding carboxylic acids is 1. The number of rotatable bonds is 5. The molecular weight excluding hydrogens is 284 g/mol. The maximum absolute atomic E-state index is 12.0. The molecular formula is C13H12O4S2. The summed E-state index contributed by atoms with van der Waals surface area (Å²) >= 11 is 1.25. The van der Waals surface area contributed by atoms with E-state index in [4.69, 9.17) is 0 Å². The molecule has 100 valence electrons. The molecule has 1 N–H and O–H groups in total. The van der Waals surface area contributed by atoms with Crippen LogP contribution in [-0.2, 0) is 10.1 Å². The molecule has 0 spiro atoms. The molecule has 0 saturated heterocycles. The average molecular weight is 296 g/mol. The summed E-state index contributed by atoms with van der Waals surface area (Å²) < 4.78 is 32.2. The Morgan fingerprint density at radius 2 is 1.84 bits per heavy atom. The Balaban J connectivity index is 2.29. The lowest BCUT2D eigenvalue weighted by atomic mass is 10.1. The molecule has 1 aromatic carbocycles. The molecule has 1 heterocycles. The fourth-order valence-electron chi connectivity index (χ4n) is 1.77. The predicted octanol–water partition coefficient (Wildman–Crippen LogP) is 2.95. The molecule has 6 heteroatoms. The number of carbonyl (C=O) groups is 1. The van der Waals surface area contributed by atoms with E-state index in [9.17, 15) is 17.8 Å². The lowest BCUT2D eigenvalue weighted by Gasteiger charge is -2.12. The second kappa shape index (κ2) is 5.64. The fourth-order valence-corrected chi connectivity index (χ4v) is 3.31. The van der Waals surface area contributed by atoms with Gasteiger partial charge in [0.05, 0.1) is 4.88 Å². The highest BCUT2D eigenvalue weighted by molar-refractivity contribution is 7.86. The maximum atomic E-state index is 12.0. The van der Waals surface area contributed by atoms with Gasteiger partial charge in [0.15, 0.2) is 5.78 Å². The van der Waals surface area contributed by atoms with Gasteiger partial charge in [-0.3, -0.25) is 9.35 Å². The summed E-state index contributed by atoms with van der Waals surface area (Å²) in [4.78, 5) is 12.5. The second-order valence-corrected chi connectivity index (χ2v) is 6.57. The Kier molecular flexibility index (Phi) is 4.14. The van der Waals surface area contributed by atoms with Crippen molar-refractivity contribution in [3.63, 3.8) is 0 Å². The second-order valence-electron chi connectivity index (χ2n) is 4.02. The van der Waals surface area contributed by atoms with Crippen molar-refractivity contribution in [1.29, 1.82) is 0 Å². The minimum atomic E-state index is -4.32. The highest BCUT2D eigenvalue weighted by Gasteiger charge is 2.28. The topological polar surface area (TPSA) is 71.4 Å². The van der Waals surface area contributed by atoms with Crippen molar-refractivity contribution in [1.82, 2.24) is 0 Å². The monoisotopic (exact) mass is 296 g/mol. The minimum Gasteiger partial charge on any atom is -0.293 e. The number of hydrogen-bond acceptors (Lipinski definition) is 4. The first-order chi connectivity index (χ1) is 8.98. The van der Waals surface area contributed by atoms with Crippen LogP contribution in [0.25, 0.3) is 0 Å². The van der Waals surface area contributed by atoms with E-state index in [2.05, 4.69) is 0 Å². The van der Waals surface area contributed by atoms with Gasteiger partial charge in [0.25, 0.3) is 10.1 Å². The highest BCUT2D eigenvalue weighted by Crippen LogP contribution is 2.27. The van der Waals surface area contributed by atoms with Gasteiger partial charge in [0.1, 0.15) is 5.25 Å². The standard InChI is InChI=1S/C13H12O4S2/c14-11(12-7-4-8-18-12)9-13(19(15,16)17)10-5-2-1-3-6-10/h1-8,13H,9H2,(H,15,16,17). The van der Waals surface area contributed by atoms with E-state index in [0.717, 1.165) is 0 Å². The zero-order valence-electron chi connectivity index (χ0n) is 9.89. The van der Waals surface area contributed by atoms with E-state index in [0.29, 0.717) is 10.4 Å². The van der Waals surface area contributed by atoms with Crippen molar-refractivity contribution in [3.8, 4) is 0 Å². The largest absolute Gasteiger partial charge is 0.293 e. The molecule has 0 aliphatic carbocycles. The number of thiophene rings is 1. The van der Waals surface area contributed by atoms with Crippen molar-refractivity contribution < 1.29 is 17.8 Å². The van der Waals surface area contributed by atoms with Crippen molar-refractivity contribution in [3.05, 3.63) is 58.3 Å². The molecule has 1 atom stereocenters. The third-order valence-corrected chi connectivity index (χ3v) is 4.77. The zero-order chi connectivity index (χ0) is 13.9. The maximum Gasteiger partial charge on any atom is 0.272 e. The molecule has 0 radical (unpaired) electrons. The van der Waals surface area contributed by atoms with Gasteiger partial charge in [-0.05, 0) is 17.0 Å². The molecule has 0 aliphatic heterocycles. The third kappa shape index (κ3) is 3.50. The molecule has 2 rings (SSSR count). The average Bonchev–Trinajstić information content (AvgIpc) is 2.89. The van der Waals surface area contributed by atoms with E-state index in [1.54, 1.807) is 47.8 Å². The third-order valence-electron chi connectivity index (χ3n) is 2.70. The number of hydrogen-bond donors (Lipinski definition) is 1. The van der Waals surface area contributed by atoms with E-state index >= 15 is 0 Å². The molecule has 2 aromatic rings. The van der Waals surface area contributed by atoms with Gasteiger partial charge in [-0.25, -0.2) is 0 Å². The van der Waals surface area contributed by atoms with Crippen LogP contribution in [0.1, 0.15) is 26.9 Å². The van der Waals surface area contributed by atoms with Crippen LogP contribution < -0.4 is 0 Å². The summed E-state index contributed by atoms with van der Waals surface area (Å²) in [6, 6.07) is 11.6. The van der Waals surface area contributed by atoms with Gasteiger partial charge in [0.2, 0.25) is 0 Å². The molecule has 0 bridgehead atoms. The van der Waals surface area contributed by atoms with Crippen molar-refractivity contribution in [2.24, 2.45) is 0 Å². The Bertz CT molecular complexity index is 645. The van der Waals surface area contributed by atoms with Gasteiger partial charge in [-0.1, -0.05) is 36.4 Å². The summed E-state index contributed by atoms with van der Waals surface area (Å²) in [6.07, 6.45) is -0.261. The summed E-state index contributed by atoms with van der Waals surface area (Å²) in [7, 11) is -4.32. The molecule has 1 aromatic heterocycles. The minimum absolute atomic E-state index is 0.261. The zero-order valence-corrected chi connectivity index (χ0v) is 11.5. The van der Waals surface area contributed by atoms with Crippen LogP contribution >= 0.6 is 11.3 Å². The first-order valence-corrected chi connectivity index (χ1v) is 7.94. The van der Waals surface area contributed by atoms with Crippen molar-refractivity contribution in [2.75, 3.05) is 0 Å². The van der Waals surface area contributed by atoms with E-state index in [-0.39, 0.29) is 12.2 Å². The highest BCUT2D eigenvalue weighted by atomic mass is 32.2. The van der Waals surface area contributed by atoms with Crippen LogP contribution in [0.5, 0.6) is 0 Å². The van der Waals surface area contributed by atoms with Crippen LogP contribution in [0.2, 0.25) is 0 Å². The van der Waals surface area contributed by atoms with Crippen molar-refractivity contribution >= 4 is 27.2 Å². The molecule has 0 amide bonds. The number of benzene rings is 1. The first-order valence-electron chi connectivity index (χ1n) is 5.56. The van der Waals surface area contributed by atoms with Gasteiger partial charge in [-0.15, -0.1) is 11.3 Å². The molecule has 19 heavy (non-hydrogen) atoms. The Morgan fingerprint density at radius 1 is 1.16 bits per heavy atom. The van der Waals surface area contributed by atoms with Crippen LogP contribution in [0, 0.1) is 0 Å². The van der Waals surface area contributed by atoms with Crippen molar-refractivity contribution in [2.45, 2.75) is 11.7 Å². The van der Waals surface area contributed by atoms with E-state index in [1.165, 1.54) is 11.3 Å². The summed E-state index contributed by atoms with van der Waals surface area (Å²) in [6.45, 7) is 0. The van der Waals surface area contributed by atoms with Gasteiger partial charge < -0.3 is 0 Å². The lowest BCUT2D eigenvalue weighted by molar-refractivity contribution is 0.0983. The normalized spacial score (nSPS) is 13.1. The fraction of sp³-hybridized carbons (Fsp3) is 0.154. The van der Waals surface area contributed by atoms with Crippen LogP contribution in [0.3, 0.4) is 0 Å². The van der Waals surface area contributed by atoms with Gasteiger partial charge in [0, 0.05) is 6.42 Å². The van der Waals surface area contributed by atoms with Crippen LogP contribution in [-0.4, -0.2) is 18.8 Å². The van der Waals surface area contributed by atoms with Crippen LogP contribution in [0.4, 0.5) is 0 Å². The smallest absolute Gasteiger partial charge is 0.272 e. The first kappa shape index (κ1) is 13.9. The number of ketones is 1. The molecule has 0 fully saturated rings. The SMILES string of the molecule is O=C(CC(c1ccccc1)S(=O)(=O)O)c1cccs1. The Hall–Kier alpha value is -1.50. The van der Waals surface area contributed by atoms with Gasteiger partial charge >= 0.3 is 0 Å².